The summed E-state index contributed by atoms with van der Waals surface area (Å²) in [7, 11) is 0. The summed E-state index contributed by atoms with van der Waals surface area (Å²) in [6, 6.07) is 0.374. The Bertz CT molecular complexity index is 820. The number of aromatic nitrogens is 4. The monoisotopic (exact) mass is 402 g/mol. The number of aryl methyl sites for hydroxylation is 1. The van der Waals surface area contributed by atoms with Gasteiger partial charge in [0, 0.05) is 18.0 Å². The number of hydrogen-bond acceptors (Lipinski definition) is 6. The van der Waals surface area contributed by atoms with E-state index in [2.05, 4.69) is 46.3 Å². The molecule has 2 fully saturated rings. The first kappa shape index (κ1) is 19.5. The third-order valence-corrected chi connectivity index (χ3v) is 7.34. The molecule has 2 aromatic heterocycles. The van der Waals surface area contributed by atoms with E-state index in [-0.39, 0.29) is 5.91 Å². The van der Waals surface area contributed by atoms with Crippen molar-refractivity contribution in [3.63, 3.8) is 0 Å². The Balaban J connectivity index is 1.35. The molecule has 1 aliphatic carbocycles. The van der Waals surface area contributed by atoms with Crippen LogP contribution in [0.15, 0.2) is 11.7 Å². The Kier molecular flexibility index (Phi) is 5.51. The molecule has 0 bridgehead atoms. The lowest BCUT2D eigenvalue weighted by molar-refractivity contribution is -0.0332. The van der Waals surface area contributed by atoms with Crippen molar-refractivity contribution in [3.8, 4) is 0 Å². The fourth-order valence-electron chi connectivity index (χ4n) is 4.44. The standard InChI is InChI=1S/C20H30N6OS/c1-14(2)10-21-19(27)16-11-26(24-23-16)18-4-5-20(18)6-8-25(9-7-20)12-17-15(3)22-13-28-17/h11,13-14,18H,4-10,12H2,1-3H3,(H,21,27). The number of carbonyl (C=O) groups is 1. The maximum Gasteiger partial charge on any atom is 0.273 e. The summed E-state index contributed by atoms with van der Waals surface area (Å²) in [5, 5.41) is 11.4. The van der Waals surface area contributed by atoms with Gasteiger partial charge < -0.3 is 5.32 Å². The molecule has 1 atom stereocenters. The van der Waals surface area contributed by atoms with E-state index >= 15 is 0 Å². The molecule has 3 heterocycles. The van der Waals surface area contributed by atoms with E-state index in [1.165, 1.54) is 24.1 Å². The second kappa shape index (κ2) is 7.91. The van der Waals surface area contributed by atoms with E-state index in [9.17, 15) is 4.79 Å². The zero-order chi connectivity index (χ0) is 19.7. The SMILES string of the molecule is Cc1ncsc1CN1CCC2(CCC2n2cc(C(=O)NCC(C)C)nn2)CC1. The van der Waals surface area contributed by atoms with Crippen LogP contribution in [0.3, 0.4) is 0 Å². The maximum absolute atomic E-state index is 12.2. The van der Waals surface area contributed by atoms with Crippen LogP contribution >= 0.6 is 11.3 Å². The van der Waals surface area contributed by atoms with Crippen molar-refractivity contribution in [3.05, 3.63) is 28.0 Å². The Morgan fingerprint density at radius 2 is 2.14 bits per heavy atom. The molecule has 1 amide bonds. The van der Waals surface area contributed by atoms with Gasteiger partial charge in [-0.05, 0) is 57.0 Å². The lowest BCUT2D eigenvalue weighted by Crippen LogP contribution is -2.49. The van der Waals surface area contributed by atoms with Crippen molar-refractivity contribution in [2.45, 2.75) is 59.0 Å². The van der Waals surface area contributed by atoms with Crippen LogP contribution in [0.2, 0.25) is 0 Å². The predicted molar refractivity (Wildman–Crippen MR) is 109 cm³/mol. The highest BCUT2D eigenvalue weighted by Gasteiger charge is 2.49. The molecule has 0 aromatic carbocycles. The zero-order valence-electron chi connectivity index (χ0n) is 17.0. The van der Waals surface area contributed by atoms with Gasteiger partial charge in [-0.2, -0.15) is 0 Å². The Labute approximate surface area is 170 Å². The first-order valence-electron chi connectivity index (χ1n) is 10.3. The van der Waals surface area contributed by atoms with Crippen LogP contribution in [-0.2, 0) is 6.54 Å². The summed E-state index contributed by atoms with van der Waals surface area (Å²) in [4.78, 5) is 20.5. The molecule has 1 spiro atoms. The molecular formula is C20H30N6OS. The molecule has 1 saturated carbocycles. The van der Waals surface area contributed by atoms with Gasteiger partial charge in [0.2, 0.25) is 0 Å². The van der Waals surface area contributed by atoms with Crippen LogP contribution < -0.4 is 5.32 Å². The van der Waals surface area contributed by atoms with Crippen molar-refractivity contribution < 1.29 is 4.79 Å². The van der Waals surface area contributed by atoms with Crippen LogP contribution in [0.4, 0.5) is 0 Å². The van der Waals surface area contributed by atoms with Gasteiger partial charge in [-0.3, -0.25) is 9.69 Å². The normalized spacial score (nSPS) is 21.8. The first-order valence-corrected chi connectivity index (χ1v) is 11.2. The maximum atomic E-state index is 12.2. The lowest BCUT2D eigenvalue weighted by Gasteiger charge is -2.53. The first-order chi connectivity index (χ1) is 13.5. The highest BCUT2D eigenvalue weighted by molar-refractivity contribution is 7.09. The molecule has 1 unspecified atom stereocenters. The number of nitrogens with zero attached hydrogens (tertiary/aromatic N) is 5. The van der Waals surface area contributed by atoms with Crippen LogP contribution in [-0.4, -0.2) is 50.4 Å². The number of carbonyl (C=O) groups excluding carboxylic acids is 1. The van der Waals surface area contributed by atoms with Crippen LogP contribution in [0.25, 0.3) is 0 Å². The van der Waals surface area contributed by atoms with Gasteiger partial charge in [0.1, 0.15) is 0 Å². The molecule has 152 valence electrons. The molecule has 1 saturated heterocycles. The summed E-state index contributed by atoms with van der Waals surface area (Å²) >= 11 is 1.76. The molecule has 8 heteroatoms. The third kappa shape index (κ3) is 3.85. The Morgan fingerprint density at radius 3 is 2.75 bits per heavy atom. The van der Waals surface area contributed by atoms with Crippen molar-refractivity contribution >= 4 is 17.2 Å². The number of hydrogen-bond donors (Lipinski definition) is 1. The summed E-state index contributed by atoms with van der Waals surface area (Å²) in [5.74, 6) is 0.302. The van der Waals surface area contributed by atoms with Crippen molar-refractivity contribution in [2.24, 2.45) is 11.3 Å². The lowest BCUT2D eigenvalue weighted by atomic mass is 9.59. The molecule has 0 radical (unpaired) electrons. The Hall–Kier alpha value is -1.80. The summed E-state index contributed by atoms with van der Waals surface area (Å²) in [5.41, 5.74) is 3.86. The highest BCUT2D eigenvalue weighted by Crippen LogP contribution is 2.56. The Morgan fingerprint density at radius 1 is 1.36 bits per heavy atom. The smallest absolute Gasteiger partial charge is 0.273 e. The van der Waals surface area contributed by atoms with Crippen molar-refractivity contribution in [1.82, 2.24) is 30.2 Å². The molecule has 4 rings (SSSR count). The predicted octanol–water partition coefficient (Wildman–Crippen LogP) is 3.05. The number of rotatable bonds is 6. The summed E-state index contributed by atoms with van der Waals surface area (Å²) in [6.07, 6.45) is 6.59. The molecule has 1 aliphatic heterocycles. The molecule has 1 N–H and O–H groups in total. The summed E-state index contributed by atoms with van der Waals surface area (Å²) in [6.45, 7) is 10.2. The van der Waals surface area contributed by atoms with E-state index in [0.29, 0.717) is 29.6 Å². The van der Waals surface area contributed by atoms with Crippen molar-refractivity contribution in [1.29, 1.82) is 0 Å². The average molecular weight is 403 g/mol. The minimum atomic E-state index is -0.122. The number of amides is 1. The molecule has 2 aromatic rings. The van der Waals surface area contributed by atoms with Gasteiger partial charge in [0.15, 0.2) is 5.69 Å². The van der Waals surface area contributed by atoms with E-state index in [1.807, 2.05) is 16.4 Å². The van der Waals surface area contributed by atoms with Gasteiger partial charge in [-0.15, -0.1) is 16.4 Å². The fourth-order valence-corrected chi connectivity index (χ4v) is 5.25. The quantitative estimate of drug-likeness (QED) is 0.804. The average Bonchev–Trinajstić information content (AvgIpc) is 3.29. The minimum absolute atomic E-state index is 0.122. The van der Waals surface area contributed by atoms with E-state index in [1.54, 1.807) is 11.3 Å². The second-order valence-electron chi connectivity index (χ2n) is 8.74. The third-order valence-electron chi connectivity index (χ3n) is 6.42. The molecule has 28 heavy (non-hydrogen) atoms. The molecule has 2 aliphatic rings. The van der Waals surface area contributed by atoms with Crippen LogP contribution in [0.1, 0.15) is 66.6 Å². The largest absolute Gasteiger partial charge is 0.350 e. The second-order valence-corrected chi connectivity index (χ2v) is 9.68. The van der Waals surface area contributed by atoms with Gasteiger partial charge >= 0.3 is 0 Å². The van der Waals surface area contributed by atoms with Crippen LogP contribution in [0.5, 0.6) is 0 Å². The molecular weight excluding hydrogens is 372 g/mol. The van der Waals surface area contributed by atoms with Crippen LogP contribution in [0, 0.1) is 18.3 Å². The van der Waals surface area contributed by atoms with Gasteiger partial charge in [-0.25, -0.2) is 9.67 Å². The number of thiazole rings is 1. The number of likely N-dealkylation sites (tertiary alicyclic amines) is 1. The molecule has 7 nitrogen and oxygen atoms in total. The van der Waals surface area contributed by atoms with Gasteiger partial charge in [0.25, 0.3) is 5.91 Å². The topological polar surface area (TPSA) is 75.9 Å². The van der Waals surface area contributed by atoms with Gasteiger partial charge in [0.05, 0.1) is 23.4 Å². The van der Waals surface area contributed by atoms with Crippen molar-refractivity contribution in [2.75, 3.05) is 19.6 Å². The number of piperidine rings is 1. The fraction of sp³-hybridized carbons (Fsp3) is 0.700. The zero-order valence-corrected chi connectivity index (χ0v) is 17.8. The summed E-state index contributed by atoms with van der Waals surface area (Å²) < 4.78 is 1.96. The highest BCUT2D eigenvalue weighted by atomic mass is 32.1. The van der Waals surface area contributed by atoms with E-state index < -0.39 is 0 Å². The van der Waals surface area contributed by atoms with E-state index in [4.69, 9.17) is 0 Å². The van der Waals surface area contributed by atoms with E-state index in [0.717, 1.165) is 31.7 Å². The minimum Gasteiger partial charge on any atom is -0.350 e. The number of nitrogens with one attached hydrogen (secondary N) is 1. The van der Waals surface area contributed by atoms with Gasteiger partial charge in [-0.1, -0.05) is 19.1 Å².